The predicted molar refractivity (Wildman–Crippen MR) is 87.9 cm³/mol. The normalized spacial score (nSPS) is 11.4. The molecular weight excluding hydrogens is 276 g/mol. The first kappa shape index (κ1) is 16.4. The Morgan fingerprint density at radius 1 is 1.14 bits per heavy atom. The zero-order valence-corrected chi connectivity index (χ0v) is 13.7. The van der Waals surface area contributed by atoms with Crippen LogP contribution in [0.3, 0.4) is 0 Å². The van der Waals surface area contributed by atoms with Crippen LogP contribution in [0.5, 0.6) is 0 Å². The van der Waals surface area contributed by atoms with Gasteiger partial charge in [-0.3, -0.25) is 9.48 Å². The van der Waals surface area contributed by atoms with Gasteiger partial charge in [0.25, 0.3) is 0 Å². The average Bonchev–Trinajstić information content (AvgIpc) is 2.95. The standard InChI is InChI=1S/C18H24N2O2/c1-13(2)18(21)16-7-5-15(6-8-16)17-9-10-20(19-17)11-12-22-14(3)4/h5-10,13-14H,11-12H2,1-4H3. The highest BCUT2D eigenvalue weighted by Crippen LogP contribution is 2.19. The van der Waals surface area contributed by atoms with E-state index in [2.05, 4.69) is 5.10 Å². The molecule has 4 heteroatoms. The number of nitrogens with zero attached hydrogens (tertiary/aromatic N) is 2. The van der Waals surface area contributed by atoms with Crippen molar-refractivity contribution in [2.45, 2.75) is 40.3 Å². The highest BCUT2D eigenvalue weighted by molar-refractivity contribution is 5.97. The van der Waals surface area contributed by atoms with Gasteiger partial charge in [0, 0.05) is 23.2 Å². The number of ether oxygens (including phenoxy) is 1. The summed E-state index contributed by atoms with van der Waals surface area (Å²) in [5, 5.41) is 4.54. The first-order chi connectivity index (χ1) is 10.5. The lowest BCUT2D eigenvalue weighted by Crippen LogP contribution is -2.10. The van der Waals surface area contributed by atoms with E-state index in [4.69, 9.17) is 4.74 Å². The van der Waals surface area contributed by atoms with Gasteiger partial charge in [0.1, 0.15) is 0 Å². The van der Waals surface area contributed by atoms with E-state index in [0.29, 0.717) is 6.61 Å². The van der Waals surface area contributed by atoms with E-state index in [1.54, 1.807) is 0 Å². The molecule has 0 spiro atoms. The summed E-state index contributed by atoms with van der Waals surface area (Å²) in [6.45, 7) is 9.26. The third-order valence-corrected chi connectivity index (χ3v) is 3.40. The second kappa shape index (κ2) is 7.36. The fraction of sp³-hybridized carbons (Fsp3) is 0.444. The Kier molecular flexibility index (Phi) is 5.50. The Hall–Kier alpha value is -1.94. The summed E-state index contributed by atoms with van der Waals surface area (Å²) < 4.78 is 7.41. The van der Waals surface area contributed by atoms with Gasteiger partial charge in [-0.15, -0.1) is 0 Å². The summed E-state index contributed by atoms with van der Waals surface area (Å²) in [5.41, 5.74) is 2.68. The van der Waals surface area contributed by atoms with E-state index in [9.17, 15) is 4.79 Å². The molecule has 0 radical (unpaired) electrons. The molecule has 1 aromatic heterocycles. The maximum absolute atomic E-state index is 11.9. The van der Waals surface area contributed by atoms with Crippen molar-refractivity contribution in [3.8, 4) is 11.3 Å². The zero-order chi connectivity index (χ0) is 16.1. The summed E-state index contributed by atoms with van der Waals surface area (Å²) in [4.78, 5) is 11.9. The monoisotopic (exact) mass is 300 g/mol. The van der Waals surface area contributed by atoms with Crippen LogP contribution in [-0.2, 0) is 11.3 Å². The molecule has 0 aliphatic rings. The molecule has 4 nitrogen and oxygen atoms in total. The fourth-order valence-corrected chi connectivity index (χ4v) is 2.16. The Morgan fingerprint density at radius 2 is 1.82 bits per heavy atom. The summed E-state index contributed by atoms with van der Waals surface area (Å²) >= 11 is 0. The van der Waals surface area contributed by atoms with Gasteiger partial charge in [0.2, 0.25) is 0 Å². The number of hydrogen-bond acceptors (Lipinski definition) is 3. The molecule has 1 heterocycles. The molecule has 2 rings (SSSR count). The molecule has 0 aliphatic carbocycles. The molecule has 0 atom stereocenters. The van der Waals surface area contributed by atoms with Crippen molar-refractivity contribution in [2.75, 3.05) is 6.61 Å². The molecule has 0 saturated heterocycles. The van der Waals surface area contributed by atoms with Crippen molar-refractivity contribution in [2.24, 2.45) is 5.92 Å². The maximum Gasteiger partial charge on any atom is 0.165 e. The molecular formula is C18H24N2O2. The largest absolute Gasteiger partial charge is 0.377 e. The molecule has 0 saturated carbocycles. The van der Waals surface area contributed by atoms with Gasteiger partial charge in [-0.1, -0.05) is 38.1 Å². The van der Waals surface area contributed by atoms with E-state index in [-0.39, 0.29) is 17.8 Å². The number of Topliss-reactive ketones (excluding diaryl/α,β-unsaturated/α-hetero) is 1. The molecule has 0 fully saturated rings. The Balaban J connectivity index is 2.03. The molecule has 118 valence electrons. The first-order valence-corrected chi connectivity index (χ1v) is 7.77. The smallest absolute Gasteiger partial charge is 0.165 e. The van der Waals surface area contributed by atoms with Crippen LogP contribution in [0.4, 0.5) is 0 Å². The highest BCUT2D eigenvalue weighted by Gasteiger charge is 2.10. The van der Waals surface area contributed by atoms with Gasteiger partial charge in [0.15, 0.2) is 5.78 Å². The van der Waals surface area contributed by atoms with Gasteiger partial charge in [-0.05, 0) is 19.9 Å². The van der Waals surface area contributed by atoms with Crippen LogP contribution in [0.15, 0.2) is 36.5 Å². The number of carbonyl (C=O) groups is 1. The van der Waals surface area contributed by atoms with Crippen LogP contribution in [0.2, 0.25) is 0 Å². The molecule has 0 bridgehead atoms. The summed E-state index contributed by atoms with van der Waals surface area (Å²) in [6, 6.07) is 9.63. The lowest BCUT2D eigenvalue weighted by atomic mass is 9.99. The molecule has 0 unspecified atom stereocenters. The van der Waals surface area contributed by atoms with Crippen molar-refractivity contribution < 1.29 is 9.53 Å². The minimum Gasteiger partial charge on any atom is -0.377 e. The van der Waals surface area contributed by atoms with Gasteiger partial charge in [0.05, 0.1) is 24.9 Å². The predicted octanol–water partition coefficient (Wildman–Crippen LogP) is 3.81. The van der Waals surface area contributed by atoms with Crippen molar-refractivity contribution in [1.29, 1.82) is 0 Å². The average molecular weight is 300 g/mol. The molecule has 22 heavy (non-hydrogen) atoms. The number of carbonyl (C=O) groups excluding carboxylic acids is 1. The second-order valence-electron chi connectivity index (χ2n) is 5.98. The first-order valence-electron chi connectivity index (χ1n) is 7.77. The van der Waals surface area contributed by atoms with Gasteiger partial charge in [-0.2, -0.15) is 5.10 Å². The molecule has 1 aromatic carbocycles. The van der Waals surface area contributed by atoms with Crippen molar-refractivity contribution >= 4 is 5.78 Å². The zero-order valence-electron chi connectivity index (χ0n) is 13.7. The number of ketones is 1. The van der Waals surface area contributed by atoms with E-state index >= 15 is 0 Å². The van der Waals surface area contributed by atoms with E-state index in [0.717, 1.165) is 23.4 Å². The van der Waals surface area contributed by atoms with Gasteiger partial charge >= 0.3 is 0 Å². The van der Waals surface area contributed by atoms with Crippen LogP contribution in [0.1, 0.15) is 38.1 Å². The minimum atomic E-state index is 0.0195. The third kappa shape index (κ3) is 4.28. The van der Waals surface area contributed by atoms with Crippen LogP contribution >= 0.6 is 0 Å². The van der Waals surface area contributed by atoms with Crippen LogP contribution in [0, 0.1) is 5.92 Å². The van der Waals surface area contributed by atoms with Crippen LogP contribution in [-0.4, -0.2) is 28.3 Å². The summed E-state index contributed by atoms with van der Waals surface area (Å²) in [5.74, 6) is 0.189. The Labute approximate surface area is 132 Å². The Bertz CT molecular complexity index is 612. The maximum atomic E-state index is 11.9. The van der Waals surface area contributed by atoms with Crippen LogP contribution < -0.4 is 0 Å². The lowest BCUT2D eigenvalue weighted by molar-refractivity contribution is 0.0710. The number of hydrogen-bond donors (Lipinski definition) is 0. The topological polar surface area (TPSA) is 44.1 Å². The molecule has 0 amide bonds. The molecule has 0 N–H and O–H groups in total. The minimum absolute atomic E-state index is 0.0195. The SMILES string of the molecule is CC(C)OCCn1ccc(-c2ccc(C(=O)C(C)C)cc2)n1. The summed E-state index contributed by atoms with van der Waals surface area (Å²) in [7, 11) is 0. The lowest BCUT2D eigenvalue weighted by Gasteiger charge is -2.07. The number of aromatic nitrogens is 2. The van der Waals surface area contributed by atoms with E-state index in [1.165, 1.54) is 0 Å². The fourth-order valence-electron chi connectivity index (χ4n) is 2.16. The van der Waals surface area contributed by atoms with Crippen molar-refractivity contribution in [3.05, 3.63) is 42.1 Å². The quantitative estimate of drug-likeness (QED) is 0.730. The van der Waals surface area contributed by atoms with Crippen molar-refractivity contribution in [3.63, 3.8) is 0 Å². The number of rotatable bonds is 7. The van der Waals surface area contributed by atoms with E-state index < -0.39 is 0 Å². The summed E-state index contributed by atoms with van der Waals surface area (Å²) in [6.07, 6.45) is 2.19. The second-order valence-corrected chi connectivity index (χ2v) is 5.98. The van der Waals surface area contributed by atoms with Crippen LogP contribution in [0.25, 0.3) is 11.3 Å². The Morgan fingerprint density at radius 3 is 2.41 bits per heavy atom. The van der Waals surface area contributed by atoms with E-state index in [1.807, 2.05) is 68.9 Å². The van der Waals surface area contributed by atoms with Crippen molar-refractivity contribution in [1.82, 2.24) is 9.78 Å². The van der Waals surface area contributed by atoms with Gasteiger partial charge in [-0.25, -0.2) is 0 Å². The number of benzene rings is 1. The third-order valence-electron chi connectivity index (χ3n) is 3.40. The molecule has 0 aliphatic heterocycles. The molecule has 2 aromatic rings. The highest BCUT2D eigenvalue weighted by atomic mass is 16.5. The van der Waals surface area contributed by atoms with Gasteiger partial charge < -0.3 is 4.74 Å².